The van der Waals surface area contributed by atoms with Crippen molar-refractivity contribution in [3.63, 3.8) is 0 Å². The molecule has 1 fully saturated rings. The summed E-state index contributed by atoms with van der Waals surface area (Å²) in [4.78, 5) is 2.50. The summed E-state index contributed by atoms with van der Waals surface area (Å²) in [5.74, 6) is 0. The van der Waals surface area contributed by atoms with Crippen molar-refractivity contribution in [2.75, 3.05) is 24.5 Å². The molecule has 106 valence electrons. The Morgan fingerprint density at radius 2 is 1.95 bits per heavy atom. The Bertz CT molecular complexity index is 407. The summed E-state index contributed by atoms with van der Waals surface area (Å²) in [6, 6.07) is 9.50. The zero-order chi connectivity index (χ0) is 13.9. The van der Waals surface area contributed by atoms with Gasteiger partial charge in [-0.3, -0.25) is 0 Å². The van der Waals surface area contributed by atoms with Crippen molar-refractivity contribution < 1.29 is 0 Å². The molecule has 2 nitrogen and oxygen atoms in total. The van der Waals surface area contributed by atoms with E-state index in [1.165, 1.54) is 24.1 Å². The van der Waals surface area contributed by atoms with Crippen LogP contribution in [0.3, 0.4) is 0 Å². The molecule has 0 saturated heterocycles. The van der Waals surface area contributed by atoms with Gasteiger partial charge in [0.1, 0.15) is 0 Å². The first kappa shape index (κ1) is 14.4. The number of anilines is 1. The first-order valence-electron chi connectivity index (χ1n) is 7.56. The molecule has 1 N–H and O–H groups in total. The SMILES string of the molecule is CCN(CC(C)(C)CNC1CC1)c1ccccc1C. The molecule has 1 aliphatic rings. The van der Waals surface area contributed by atoms with Crippen LogP contribution in [0.25, 0.3) is 0 Å². The van der Waals surface area contributed by atoms with E-state index in [0.29, 0.717) is 5.41 Å². The average Bonchev–Trinajstić information content (AvgIpc) is 3.19. The van der Waals surface area contributed by atoms with Crippen LogP contribution in [0, 0.1) is 12.3 Å². The standard InChI is InChI=1S/C17H28N2/c1-5-19(16-9-7-6-8-14(16)2)13-17(3,4)12-18-15-10-11-15/h6-9,15,18H,5,10-13H2,1-4H3. The summed E-state index contributed by atoms with van der Waals surface area (Å²) >= 11 is 0. The minimum atomic E-state index is 0.306. The maximum Gasteiger partial charge on any atom is 0.0396 e. The van der Waals surface area contributed by atoms with Crippen molar-refractivity contribution in [3.05, 3.63) is 29.8 Å². The highest BCUT2D eigenvalue weighted by molar-refractivity contribution is 5.53. The van der Waals surface area contributed by atoms with Gasteiger partial charge in [0, 0.05) is 31.4 Å². The molecule has 0 aliphatic heterocycles. The zero-order valence-corrected chi connectivity index (χ0v) is 12.9. The number of aryl methyl sites for hydroxylation is 1. The molecule has 1 aromatic carbocycles. The smallest absolute Gasteiger partial charge is 0.0396 e. The molecule has 0 bridgehead atoms. The van der Waals surface area contributed by atoms with E-state index in [1.807, 2.05) is 0 Å². The topological polar surface area (TPSA) is 15.3 Å². The van der Waals surface area contributed by atoms with Gasteiger partial charge >= 0.3 is 0 Å². The summed E-state index contributed by atoms with van der Waals surface area (Å²) in [5, 5.41) is 3.67. The van der Waals surface area contributed by atoms with Gasteiger partial charge in [0.25, 0.3) is 0 Å². The van der Waals surface area contributed by atoms with Gasteiger partial charge in [0.15, 0.2) is 0 Å². The lowest BCUT2D eigenvalue weighted by atomic mass is 9.92. The predicted molar refractivity (Wildman–Crippen MR) is 83.9 cm³/mol. The van der Waals surface area contributed by atoms with Crippen LogP contribution in [0.1, 0.15) is 39.2 Å². The van der Waals surface area contributed by atoms with Crippen LogP contribution in [0.5, 0.6) is 0 Å². The van der Waals surface area contributed by atoms with Crippen LogP contribution in [0.2, 0.25) is 0 Å². The van der Waals surface area contributed by atoms with Crippen molar-refractivity contribution in [1.29, 1.82) is 0 Å². The molecule has 2 rings (SSSR count). The van der Waals surface area contributed by atoms with E-state index >= 15 is 0 Å². The number of benzene rings is 1. The van der Waals surface area contributed by atoms with Gasteiger partial charge in [-0.05, 0) is 43.7 Å². The van der Waals surface area contributed by atoms with E-state index in [9.17, 15) is 0 Å². The van der Waals surface area contributed by atoms with Crippen molar-refractivity contribution in [3.8, 4) is 0 Å². The Labute approximate surface area is 118 Å². The van der Waals surface area contributed by atoms with Crippen molar-refractivity contribution in [1.82, 2.24) is 5.32 Å². The molecule has 1 aliphatic carbocycles. The monoisotopic (exact) mass is 260 g/mol. The molecule has 0 radical (unpaired) electrons. The fourth-order valence-electron chi connectivity index (χ4n) is 2.57. The lowest BCUT2D eigenvalue weighted by Gasteiger charge is -2.34. The fourth-order valence-corrected chi connectivity index (χ4v) is 2.57. The van der Waals surface area contributed by atoms with Crippen LogP contribution in [-0.2, 0) is 0 Å². The maximum atomic E-state index is 3.67. The first-order valence-corrected chi connectivity index (χ1v) is 7.56. The van der Waals surface area contributed by atoms with Crippen LogP contribution >= 0.6 is 0 Å². The number of para-hydroxylation sites is 1. The third-order valence-corrected chi connectivity index (χ3v) is 3.90. The van der Waals surface area contributed by atoms with Crippen molar-refractivity contribution in [2.45, 2.75) is 46.6 Å². The number of nitrogens with one attached hydrogen (secondary N) is 1. The largest absolute Gasteiger partial charge is 0.371 e. The van der Waals surface area contributed by atoms with Gasteiger partial charge in [0.2, 0.25) is 0 Å². The van der Waals surface area contributed by atoms with Crippen LogP contribution in [0.15, 0.2) is 24.3 Å². The van der Waals surface area contributed by atoms with Crippen molar-refractivity contribution in [2.24, 2.45) is 5.41 Å². The van der Waals surface area contributed by atoms with Gasteiger partial charge in [-0.15, -0.1) is 0 Å². The lowest BCUT2D eigenvalue weighted by Crippen LogP contribution is -2.41. The van der Waals surface area contributed by atoms with E-state index in [2.05, 4.69) is 62.2 Å². The number of nitrogens with zero attached hydrogens (tertiary/aromatic N) is 1. The molecule has 0 unspecified atom stereocenters. The molecule has 0 heterocycles. The Balaban J connectivity index is 1.99. The van der Waals surface area contributed by atoms with E-state index in [0.717, 1.165) is 25.7 Å². The number of hydrogen-bond acceptors (Lipinski definition) is 2. The van der Waals surface area contributed by atoms with Crippen LogP contribution in [0.4, 0.5) is 5.69 Å². The Morgan fingerprint density at radius 3 is 2.53 bits per heavy atom. The predicted octanol–water partition coefficient (Wildman–Crippen LogP) is 3.60. The summed E-state index contributed by atoms with van der Waals surface area (Å²) in [7, 11) is 0. The molecular formula is C17H28N2. The second-order valence-electron chi connectivity index (χ2n) is 6.62. The highest BCUT2D eigenvalue weighted by atomic mass is 15.1. The zero-order valence-electron chi connectivity index (χ0n) is 12.9. The van der Waals surface area contributed by atoms with Gasteiger partial charge in [-0.25, -0.2) is 0 Å². The van der Waals surface area contributed by atoms with Gasteiger partial charge in [-0.2, -0.15) is 0 Å². The maximum absolute atomic E-state index is 3.67. The van der Waals surface area contributed by atoms with E-state index < -0.39 is 0 Å². The van der Waals surface area contributed by atoms with E-state index in [4.69, 9.17) is 0 Å². The van der Waals surface area contributed by atoms with E-state index in [-0.39, 0.29) is 0 Å². The Kier molecular flexibility index (Phi) is 4.51. The molecule has 1 saturated carbocycles. The van der Waals surface area contributed by atoms with Crippen LogP contribution in [-0.4, -0.2) is 25.7 Å². The van der Waals surface area contributed by atoms with Gasteiger partial charge in [0.05, 0.1) is 0 Å². The Morgan fingerprint density at radius 1 is 1.26 bits per heavy atom. The first-order chi connectivity index (χ1) is 9.02. The summed E-state index contributed by atoms with van der Waals surface area (Å²) in [6.45, 7) is 12.5. The van der Waals surface area contributed by atoms with Gasteiger partial charge in [-0.1, -0.05) is 32.0 Å². The lowest BCUT2D eigenvalue weighted by molar-refractivity contribution is 0.341. The van der Waals surface area contributed by atoms with E-state index in [1.54, 1.807) is 0 Å². The second-order valence-corrected chi connectivity index (χ2v) is 6.62. The Hall–Kier alpha value is -1.02. The normalized spacial score (nSPS) is 15.6. The quantitative estimate of drug-likeness (QED) is 0.806. The third-order valence-electron chi connectivity index (χ3n) is 3.90. The highest BCUT2D eigenvalue weighted by Gasteiger charge is 2.26. The molecule has 0 aromatic heterocycles. The minimum absolute atomic E-state index is 0.306. The third kappa shape index (κ3) is 4.24. The molecule has 0 spiro atoms. The molecule has 0 atom stereocenters. The molecule has 2 heteroatoms. The number of rotatable bonds is 7. The van der Waals surface area contributed by atoms with Crippen LogP contribution < -0.4 is 10.2 Å². The van der Waals surface area contributed by atoms with Crippen molar-refractivity contribution >= 4 is 5.69 Å². The summed E-state index contributed by atoms with van der Waals surface area (Å²) in [5.41, 5.74) is 3.06. The molecule has 19 heavy (non-hydrogen) atoms. The number of hydrogen-bond donors (Lipinski definition) is 1. The molecular weight excluding hydrogens is 232 g/mol. The molecule has 1 aromatic rings. The van der Waals surface area contributed by atoms with Gasteiger partial charge < -0.3 is 10.2 Å². The highest BCUT2D eigenvalue weighted by Crippen LogP contribution is 2.26. The summed E-state index contributed by atoms with van der Waals surface area (Å²) < 4.78 is 0. The molecule has 0 amide bonds. The average molecular weight is 260 g/mol. The minimum Gasteiger partial charge on any atom is -0.371 e. The summed E-state index contributed by atoms with van der Waals surface area (Å²) in [6.07, 6.45) is 2.73. The fraction of sp³-hybridized carbons (Fsp3) is 0.647. The second kappa shape index (κ2) is 5.96.